The lowest BCUT2D eigenvalue weighted by Crippen LogP contribution is -2.46. The Morgan fingerprint density at radius 1 is 1.67 bits per heavy atom. The molecular weight excluding hydrogens is 198 g/mol. The van der Waals surface area contributed by atoms with Crippen molar-refractivity contribution in [3.8, 4) is 0 Å². The number of aliphatic hydroxyl groups is 1. The van der Waals surface area contributed by atoms with Crippen LogP contribution in [0, 0.1) is 5.92 Å². The van der Waals surface area contributed by atoms with E-state index >= 15 is 0 Å². The van der Waals surface area contributed by atoms with Gasteiger partial charge in [0.2, 0.25) is 0 Å². The molecule has 0 aliphatic carbocycles. The predicted octanol–water partition coefficient (Wildman–Crippen LogP) is 0.818. The topological polar surface area (TPSA) is 59.0 Å². The van der Waals surface area contributed by atoms with Gasteiger partial charge >= 0.3 is 6.09 Å². The summed E-state index contributed by atoms with van der Waals surface area (Å²) in [7, 11) is 0. The molecular formula is C10H19NO4. The van der Waals surface area contributed by atoms with E-state index in [2.05, 4.69) is 0 Å². The van der Waals surface area contributed by atoms with Gasteiger partial charge in [0.15, 0.2) is 0 Å². The first kappa shape index (κ1) is 12.3. The van der Waals surface area contributed by atoms with E-state index in [4.69, 9.17) is 9.47 Å². The lowest BCUT2D eigenvalue weighted by Gasteiger charge is -2.27. The minimum atomic E-state index is -0.572. The normalized spacial score (nSPS) is 23.3. The summed E-state index contributed by atoms with van der Waals surface area (Å²) in [5.74, 6) is 0.0913. The van der Waals surface area contributed by atoms with Gasteiger partial charge in [-0.25, -0.2) is 4.79 Å². The van der Waals surface area contributed by atoms with Gasteiger partial charge in [0, 0.05) is 0 Å². The standard InChI is InChI=1S/C10H19NO4/c1-4-15-10(13)11-6-14-5-8(11)9(12)7(2)3/h7-9,12H,4-6H2,1-3H3/t8-,9+/m0/s1. The van der Waals surface area contributed by atoms with Crippen molar-refractivity contribution in [2.24, 2.45) is 5.92 Å². The maximum Gasteiger partial charge on any atom is 0.412 e. The van der Waals surface area contributed by atoms with Crippen molar-refractivity contribution in [1.29, 1.82) is 0 Å². The molecule has 1 fully saturated rings. The number of ether oxygens (including phenoxy) is 2. The fourth-order valence-electron chi connectivity index (χ4n) is 1.58. The third-order valence-corrected chi connectivity index (χ3v) is 2.50. The molecule has 1 aliphatic rings. The van der Waals surface area contributed by atoms with E-state index < -0.39 is 12.2 Å². The number of hydrogen-bond donors (Lipinski definition) is 1. The van der Waals surface area contributed by atoms with Crippen LogP contribution in [0.5, 0.6) is 0 Å². The van der Waals surface area contributed by atoms with E-state index in [1.165, 1.54) is 4.90 Å². The fourth-order valence-corrected chi connectivity index (χ4v) is 1.58. The van der Waals surface area contributed by atoms with E-state index in [9.17, 15) is 9.90 Å². The Labute approximate surface area is 90.0 Å². The SMILES string of the molecule is CCOC(=O)N1COC[C@H]1[C@H](O)C(C)C. The summed E-state index contributed by atoms with van der Waals surface area (Å²) >= 11 is 0. The first-order valence-electron chi connectivity index (χ1n) is 5.27. The minimum absolute atomic E-state index is 0.0913. The second kappa shape index (κ2) is 5.32. The molecule has 1 saturated heterocycles. The molecule has 0 saturated carbocycles. The second-order valence-electron chi connectivity index (χ2n) is 3.97. The van der Waals surface area contributed by atoms with Crippen molar-refractivity contribution in [1.82, 2.24) is 4.90 Å². The zero-order valence-electron chi connectivity index (χ0n) is 9.47. The molecule has 0 aromatic heterocycles. The molecule has 0 radical (unpaired) electrons. The summed E-state index contributed by atoms with van der Waals surface area (Å²) in [6, 6.07) is -0.288. The summed E-state index contributed by atoms with van der Waals surface area (Å²) in [4.78, 5) is 12.9. The summed E-state index contributed by atoms with van der Waals surface area (Å²) in [5, 5.41) is 9.88. The van der Waals surface area contributed by atoms with Gasteiger partial charge in [-0.3, -0.25) is 4.90 Å². The van der Waals surface area contributed by atoms with Crippen LogP contribution in [0.1, 0.15) is 20.8 Å². The number of carbonyl (C=O) groups excluding carboxylic acids is 1. The Morgan fingerprint density at radius 2 is 2.33 bits per heavy atom. The number of hydrogen-bond acceptors (Lipinski definition) is 4. The van der Waals surface area contributed by atoms with Gasteiger partial charge in [0.05, 0.1) is 25.4 Å². The first-order chi connectivity index (χ1) is 7.07. The second-order valence-corrected chi connectivity index (χ2v) is 3.97. The lowest BCUT2D eigenvalue weighted by atomic mass is 10.00. The molecule has 1 aliphatic heterocycles. The number of nitrogens with zero attached hydrogens (tertiary/aromatic N) is 1. The minimum Gasteiger partial charge on any atom is -0.450 e. The molecule has 5 nitrogen and oxygen atoms in total. The smallest absolute Gasteiger partial charge is 0.412 e. The molecule has 0 bridgehead atoms. The average Bonchev–Trinajstić information content (AvgIpc) is 2.65. The maximum absolute atomic E-state index is 11.5. The quantitative estimate of drug-likeness (QED) is 0.760. The lowest BCUT2D eigenvalue weighted by molar-refractivity contribution is 0.0343. The molecule has 0 unspecified atom stereocenters. The molecule has 1 rings (SSSR count). The van der Waals surface area contributed by atoms with Gasteiger partial charge in [0.1, 0.15) is 6.73 Å². The van der Waals surface area contributed by atoms with E-state index in [0.717, 1.165) is 0 Å². The average molecular weight is 217 g/mol. The zero-order chi connectivity index (χ0) is 11.4. The van der Waals surface area contributed by atoms with Crippen molar-refractivity contribution in [3.05, 3.63) is 0 Å². The number of carbonyl (C=O) groups is 1. The number of rotatable bonds is 3. The molecule has 1 heterocycles. The zero-order valence-corrected chi connectivity index (χ0v) is 9.47. The fraction of sp³-hybridized carbons (Fsp3) is 0.900. The van der Waals surface area contributed by atoms with Gasteiger partial charge in [-0.2, -0.15) is 0 Å². The first-order valence-corrected chi connectivity index (χ1v) is 5.27. The van der Waals surface area contributed by atoms with Crippen LogP contribution in [0.2, 0.25) is 0 Å². The summed E-state index contributed by atoms with van der Waals surface area (Å²) in [6.07, 6.45) is -0.989. The molecule has 1 amide bonds. The van der Waals surface area contributed by atoms with E-state index in [1.807, 2.05) is 13.8 Å². The van der Waals surface area contributed by atoms with Crippen molar-refractivity contribution in [2.75, 3.05) is 19.9 Å². The molecule has 0 aromatic carbocycles. The van der Waals surface area contributed by atoms with Crippen LogP contribution >= 0.6 is 0 Å². The highest BCUT2D eigenvalue weighted by atomic mass is 16.6. The third-order valence-electron chi connectivity index (χ3n) is 2.50. The highest BCUT2D eigenvalue weighted by Gasteiger charge is 2.36. The predicted molar refractivity (Wildman–Crippen MR) is 54.3 cm³/mol. The van der Waals surface area contributed by atoms with Crippen LogP contribution in [0.4, 0.5) is 4.79 Å². The third kappa shape index (κ3) is 2.82. The highest BCUT2D eigenvalue weighted by molar-refractivity contribution is 5.68. The maximum atomic E-state index is 11.5. The Kier molecular flexibility index (Phi) is 4.35. The van der Waals surface area contributed by atoms with Gasteiger partial charge < -0.3 is 14.6 Å². The van der Waals surface area contributed by atoms with Crippen LogP contribution in [0.3, 0.4) is 0 Å². The van der Waals surface area contributed by atoms with Crippen LogP contribution in [-0.2, 0) is 9.47 Å². The molecule has 15 heavy (non-hydrogen) atoms. The number of amides is 1. The molecule has 0 aromatic rings. The van der Waals surface area contributed by atoms with Gasteiger partial charge in [0.25, 0.3) is 0 Å². The molecule has 5 heteroatoms. The van der Waals surface area contributed by atoms with Crippen LogP contribution < -0.4 is 0 Å². The van der Waals surface area contributed by atoms with Gasteiger partial charge in [-0.05, 0) is 12.8 Å². The Balaban J connectivity index is 2.60. The van der Waals surface area contributed by atoms with E-state index in [1.54, 1.807) is 6.92 Å². The number of aliphatic hydroxyl groups excluding tert-OH is 1. The Hall–Kier alpha value is -0.810. The van der Waals surface area contributed by atoms with Crippen LogP contribution in [0.15, 0.2) is 0 Å². The monoisotopic (exact) mass is 217 g/mol. The van der Waals surface area contributed by atoms with E-state index in [-0.39, 0.29) is 18.7 Å². The Morgan fingerprint density at radius 3 is 2.87 bits per heavy atom. The molecule has 1 N–H and O–H groups in total. The molecule has 88 valence electrons. The van der Waals surface area contributed by atoms with Crippen LogP contribution in [0.25, 0.3) is 0 Å². The largest absolute Gasteiger partial charge is 0.450 e. The Bertz CT molecular complexity index is 219. The summed E-state index contributed by atoms with van der Waals surface area (Å²) < 4.78 is 10.1. The van der Waals surface area contributed by atoms with E-state index in [0.29, 0.717) is 13.2 Å². The van der Waals surface area contributed by atoms with Crippen molar-refractivity contribution in [2.45, 2.75) is 32.9 Å². The van der Waals surface area contributed by atoms with Gasteiger partial charge in [-0.15, -0.1) is 0 Å². The molecule has 2 atom stereocenters. The van der Waals surface area contributed by atoms with Gasteiger partial charge in [-0.1, -0.05) is 13.8 Å². The van der Waals surface area contributed by atoms with Crippen molar-refractivity contribution < 1.29 is 19.4 Å². The van der Waals surface area contributed by atoms with Crippen molar-refractivity contribution >= 4 is 6.09 Å². The highest BCUT2D eigenvalue weighted by Crippen LogP contribution is 2.19. The summed E-state index contributed by atoms with van der Waals surface area (Å²) in [5.41, 5.74) is 0. The van der Waals surface area contributed by atoms with Crippen LogP contribution in [-0.4, -0.2) is 48.2 Å². The summed E-state index contributed by atoms with van der Waals surface area (Å²) in [6.45, 7) is 6.48. The molecule has 0 spiro atoms. The van der Waals surface area contributed by atoms with Crippen molar-refractivity contribution in [3.63, 3.8) is 0 Å².